The number of amides is 4. The first-order valence-electron chi connectivity index (χ1n) is 9.13. The van der Waals surface area contributed by atoms with Gasteiger partial charge in [0, 0.05) is 32.0 Å². The first-order chi connectivity index (χ1) is 12.4. The Kier molecular flexibility index (Phi) is 3.71. The molecule has 3 aliphatic heterocycles. The fourth-order valence-electron chi connectivity index (χ4n) is 4.88. The molecule has 3 heterocycles. The maximum atomic E-state index is 13.3. The molecule has 0 saturated carbocycles. The Balaban J connectivity index is 1.93. The van der Waals surface area contributed by atoms with Gasteiger partial charge < -0.3 is 10.6 Å². The van der Waals surface area contributed by atoms with Crippen molar-refractivity contribution in [2.24, 2.45) is 5.41 Å². The highest BCUT2D eigenvalue weighted by Gasteiger charge is 2.62. The van der Waals surface area contributed by atoms with Gasteiger partial charge in [0.15, 0.2) is 5.41 Å². The molecule has 26 heavy (non-hydrogen) atoms. The average Bonchev–Trinajstić information content (AvgIpc) is 2.89. The lowest BCUT2D eigenvalue weighted by Crippen LogP contribution is -2.71. The third-order valence-corrected chi connectivity index (χ3v) is 6.15. The molecule has 2 fully saturated rings. The van der Waals surface area contributed by atoms with E-state index in [1.165, 1.54) is 14.1 Å². The third kappa shape index (κ3) is 2.09. The van der Waals surface area contributed by atoms with Crippen molar-refractivity contribution >= 4 is 29.2 Å². The number of carbonyl (C=O) groups excluding carboxylic acids is 3. The summed E-state index contributed by atoms with van der Waals surface area (Å²) in [4.78, 5) is 43.3. The van der Waals surface area contributed by atoms with Crippen LogP contribution in [0.15, 0.2) is 18.2 Å². The van der Waals surface area contributed by atoms with E-state index in [4.69, 9.17) is 5.73 Å². The number of hydrogen-bond donors (Lipinski definition) is 1. The Bertz CT molecular complexity index is 782. The van der Waals surface area contributed by atoms with Gasteiger partial charge in [0.2, 0.25) is 11.8 Å². The number of carbonyl (C=O) groups is 3. The molecule has 1 spiro atoms. The monoisotopic (exact) mass is 356 g/mol. The summed E-state index contributed by atoms with van der Waals surface area (Å²) in [5.74, 6) is -0.786. The van der Waals surface area contributed by atoms with Crippen LogP contribution >= 0.6 is 0 Å². The third-order valence-electron chi connectivity index (χ3n) is 6.15. The van der Waals surface area contributed by atoms with Crippen LogP contribution < -0.4 is 10.6 Å². The molecule has 2 saturated heterocycles. The highest BCUT2D eigenvalue weighted by Crippen LogP contribution is 2.48. The molecule has 4 rings (SSSR count). The van der Waals surface area contributed by atoms with E-state index >= 15 is 0 Å². The van der Waals surface area contributed by atoms with Crippen molar-refractivity contribution in [3.63, 3.8) is 0 Å². The van der Waals surface area contributed by atoms with E-state index in [1.54, 1.807) is 0 Å². The summed E-state index contributed by atoms with van der Waals surface area (Å²) in [6, 6.07) is 4.91. The van der Waals surface area contributed by atoms with Gasteiger partial charge in [-0.2, -0.15) is 0 Å². The predicted molar refractivity (Wildman–Crippen MR) is 97.5 cm³/mol. The van der Waals surface area contributed by atoms with Crippen LogP contribution in [0.2, 0.25) is 0 Å². The summed E-state index contributed by atoms with van der Waals surface area (Å²) >= 11 is 0. The van der Waals surface area contributed by atoms with E-state index in [9.17, 15) is 14.4 Å². The second-order valence-corrected chi connectivity index (χ2v) is 7.61. The molecule has 7 nitrogen and oxygen atoms in total. The molecule has 1 aromatic rings. The number of barbiturate groups is 1. The van der Waals surface area contributed by atoms with Crippen LogP contribution in [0.1, 0.15) is 31.2 Å². The standard InChI is InChI=1S/C19H24N4O3/c1-21-16(24)19(17(25)22(2)18(21)26)11-12-10-13(20)7-8-14(12)23-9-5-3-4-6-15(19)23/h7-8,10,15H,3-6,9,11,20H2,1-2H3/t15-/m0/s1. The molecule has 3 aliphatic rings. The second kappa shape index (κ2) is 5.72. The van der Waals surface area contributed by atoms with E-state index in [0.717, 1.165) is 53.3 Å². The van der Waals surface area contributed by atoms with Crippen molar-refractivity contribution in [3.8, 4) is 0 Å². The summed E-state index contributed by atoms with van der Waals surface area (Å²) in [5.41, 5.74) is 7.29. The minimum absolute atomic E-state index is 0.237. The molecule has 0 radical (unpaired) electrons. The zero-order valence-electron chi connectivity index (χ0n) is 15.2. The molecule has 0 aromatic heterocycles. The van der Waals surface area contributed by atoms with Crippen LogP contribution in [0.25, 0.3) is 0 Å². The molecular weight excluding hydrogens is 332 g/mol. The summed E-state index contributed by atoms with van der Waals surface area (Å²) in [6.07, 6.45) is 4.10. The number of urea groups is 1. The van der Waals surface area contributed by atoms with Crippen molar-refractivity contribution in [2.45, 2.75) is 38.1 Å². The number of fused-ring (bicyclic) bond motifs is 4. The van der Waals surface area contributed by atoms with Crippen molar-refractivity contribution < 1.29 is 14.4 Å². The Hall–Kier alpha value is -2.57. The number of nitrogens with two attached hydrogens (primary N) is 1. The molecule has 0 unspecified atom stereocenters. The summed E-state index contributed by atoms with van der Waals surface area (Å²) in [6.45, 7) is 0.797. The van der Waals surface area contributed by atoms with Gasteiger partial charge in [0.1, 0.15) is 0 Å². The van der Waals surface area contributed by atoms with Gasteiger partial charge in [-0.25, -0.2) is 4.79 Å². The molecule has 7 heteroatoms. The van der Waals surface area contributed by atoms with Crippen LogP contribution in [0.4, 0.5) is 16.2 Å². The van der Waals surface area contributed by atoms with Gasteiger partial charge >= 0.3 is 6.03 Å². The molecule has 0 aliphatic carbocycles. The lowest BCUT2D eigenvalue weighted by atomic mass is 9.67. The van der Waals surface area contributed by atoms with Crippen molar-refractivity contribution in [2.75, 3.05) is 31.3 Å². The Labute approximate surface area is 152 Å². The lowest BCUT2D eigenvalue weighted by molar-refractivity contribution is -0.159. The normalized spacial score (nSPS) is 25.2. The largest absolute Gasteiger partial charge is 0.399 e. The van der Waals surface area contributed by atoms with E-state index in [-0.39, 0.29) is 12.5 Å². The highest BCUT2D eigenvalue weighted by molar-refractivity contribution is 6.20. The van der Waals surface area contributed by atoms with Crippen LogP contribution in [0.5, 0.6) is 0 Å². The van der Waals surface area contributed by atoms with Gasteiger partial charge in [-0.15, -0.1) is 0 Å². The molecule has 2 N–H and O–H groups in total. The van der Waals surface area contributed by atoms with E-state index < -0.39 is 23.3 Å². The Morgan fingerprint density at radius 3 is 2.42 bits per heavy atom. The number of imide groups is 2. The van der Waals surface area contributed by atoms with Crippen LogP contribution in [-0.2, 0) is 16.0 Å². The smallest absolute Gasteiger partial charge is 0.332 e. The first-order valence-corrected chi connectivity index (χ1v) is 9.13. The summed E-state index contributed by atoms with van der Waals surface area (Å²) in [5, 5.41) is 0. The van der Waals surface area contributed by atoms with Crippen LogP contribution in [-0.4, -0.2) is 54.3 Å². The van der Waals surface area contributed by atoms with Crippen LogP contribution in [0.3, 0.4) is 0 Å². The van der Waals surface area contributed by atoms with Gasteiger partial charge in [-0.05, 0) is 43.0 Å². The van der Waals surface area contributed by atoms with E-state index in [0.29, 0.717) is 5.69 Å². The minimum Gasteiger partial charge on any atom is -0.399 e. The second-order valence-electron chi connectivity index (χ2n) is 7.61. The van der Waals surface area contributed by atoms with Gasteiger partial charge in [-0.3, -0.25) is 19.4 Å². The lowest BCUT2D eigenvalue weighted by Gasteiger charge is -2.52. The zero-order valence-corrected chi connectivity index (χ0v) is 15.2. The highest BCUT2D eigenvalue weighted by atomic mass is 16.2. The Morgan fingerprint density at radius 2 is 1.73 bits per heavy atom. The van der Waals surface area contributed by atoms with Crippen molar-refractivity contribution in [3.05, 3.63) is 23.8 Å². The number of hydrogen-bond acceptors (Lipinski definition) is 5. The average molecular weight is 356 g/mol. The molecular formula is C19H24N4O3. The molecule has 0 bridgehead atoms. The number of nitrogen functional groups attached to an aromatic ring is 1. The maximum Gasteiger partial charge on any atom is 0.332 e. The molecule has 4 amide bonds. The fraction of sp³-hybridized carbons (Fsp3) is 0.526. The zero-order chi connectivity index (χ0) is 18.6. The number of nitrogens with zero attached hydrogens (tertiary/aromatic N) is 3. The van der Waals surface area contributed by atoms with Gasteiger partial charge in [0.05, 0.1) is 6.04 Å². The summed E-state index contributed by atoms with van der Waals surface area (Å²) < 4.78 is 0. The Morgan fingerprint density at radius 1 is 1.04 bits per heavy atom. The van der Waals surface area contributed by atoms with Gasteiger partial charge in [-0.1, -0.05) is 12.8 Å². The van der Waals surface area contributed by atoms with E-state index in [2.05, 4.69) is 4.90 Å². The number of rotatable bonds is 0. The predicted octanol–water partition coefficient (Wildman–Crippen LogP) is 1.61. The molecule has 138 valence electrons. The summed E-state index contributed by atoms with van der Waals surface area (Å²) in [7, 11) is 2.93. The quantitative estimate of drug-likeness (QED) is 0.564. The minimum atomic E-state index is -1.26. The maximum absolute atomic E-state index is 13.3. The van der Waals surface area contributed by atoms with E-state index in [1.807, 2.05) is 18.2 Å². The molecule has 1 atom stereocenters. The number of anilines is 2. The fourth-order valence-corrected chi connectivity index (χ4v) is 4.88. The van der Waals surface area contributed by atoms with Crippen LogP contribution in [0, 0.1) is 5.41 Å². The topological polar surface area (TPSA) is 86.9 Å². The SMILES string of the molecule is CN1C(=O)N(C)C(=O)C2(Cc3cc(N)ccc3N3CCCCC[C@H]32)C1=O. The van der Waals surface area contributed by atoms with Gasteiger partial charge in [0.25, 0.3) is 0 Å². The first kappa shape index (κ1) is 16.9. The van der Waals surface area contributed by atoms with Crippen molar-refractivity contribution in [1.29, 1.82) is 0 Å². The van der Waals surface area contributed by atoms with Crippen molar-refractivity contribution in [1.82, 2.24) is 9.80 Å². The number of benzene rings is 1. The molecule has 1 aromatic carbocycles.